The van der Waals surface area contributed by atoms with Gasteiger partial charge in [0.25, 0.3) is 11.8 Å². The number of fused-ring (bicyclic) bond motifs is 2. The Morgan fingerprint density at radius 2 is 2.16 bits per heavy atom. The van der Waals surface area contributed by atoms with Crippen molar-refractivity contribution in [2.75, 3.05) is 18.6 Å². The molecule has 6 heterocycles. The number of thioether (sulfide) groups is 1. The zero-order valence-corrected chi connectivity index (χ0v) is 25.8. The van der Waals surface area contributed by atoms with Gasteiger partial charge >= 0.3 is 11.6 Å². The Morgan fingerprint density at radius 3 is 2.82 bits per heavy atom. The number of aliphatic carboxylic acids is 1. The van der Waals surface area contributed by atoms with Gasteiger partial charge < -0.3 is 26.7 Å². The molecule has 2 amide bonds. The minimum Gasteiger partial charge on any atom is -0.477 e. The summed E-state index contributed by atoms with van der Waals surface area (Å²) >= 11 is 9.84. The van der Waals surface area contributed by atoms with Crippen molar-refractivity contribution in [3.05, 3.63) is 62.0 Å². The van der Waals surface area contributed by atoms with E-state index in [0.717, 1.165) is 22.0 Å². The number of hydrogen-bond donors (Lipinski definition) is 5. The van der Waals surface area contributed by atoms with Gasteiger partial charge in [0.1, 0.15) is 63.5 Å². The second-order valence-electron chi connectivity index (χ2n) is 9.50. The molecule has 4 aromatic heterocycles. The molecule has 228 valence electrons. The summed E-state index contributed by atoms with van der Waals surface area (Å²) in [5, 5.41) is 26.0. The van der Waals surface area contributed by atoms with Crippen molar-refractivity contribution < 1.29 is 28.9 Å². The molecule has 16 nitrogen and oxygen atoms in total. The average Bonchev–Trinajstić information content (AvgIpc) is 3.77. The minimum absolute atomic E-state index is 0.0127. The quantitative estimate of drug-likeness (QED) is 0.0508. The molecule has 0 bridgehead atoms. The molecule has 1 saturated heterocycles. The number of carbonyl (C=O) groups is 3. The molecule has 7 N–H and O–H groups in total. The van der Waals surface area contributed by atoms with Crippen LogP contribution in [0.4, 0.5) is 5.13 Å². The van der Waals surface area contributed by atoms with E-state index in [1.54, 1.807) is 5.38 Å². The lowest BCUT2D eigenvalue weighted by atomic mass is 10.0. The van der Waals surface area contributed by atoms with Gasteiger partial charge in [-0.3, -0.25) is 19.9 Å². The first-order valence-electron chi connectivity index (χ1n) is 12.7. The molecule has 1 fully saturated rings. The Labute approximate surface area is 265 Å². The Kier molecular flexibility index (Phi) is 7.78. The SMILES string of the molecule is CO/N=C(\C(=O)N[C@@H]1C(=O)N2C(C(=O)O)=C(Cn3ccc4n3cc[n+]4Cc3nc(C(=N)N)cs3)CS[C@H]12)c1nc(N)sc1Cl. The predicted octanol–water partition coefficient (Wildman–Crippen LogP) is 0.299. The Bertz CT molecular complexity index is 1910. The van der Waals surface area contributed by atoms with Gasteiger partial charge in [0.15, 0.2) is 17.0 Å². The molecule has 6 rings (SSSR count). The molecule has 20 heteroatoms. The van der Waals surface area contributed by atoms with Crippen LogP contribution in [0.5, 0.6) is 0 Å². The van der Waals surface area contributed by atoms with Crippen LogP contribution in [-0.2, 0) is 32.3 Å². The van der Waals surface area contributed by atoms with E-state index in [4.69, 9.17) is 33.3 Å². The number of imidazole rings is 1. The normalized spacial score (nSPS) is 18.4. The molecular weight excluding hydrogens is 654 g/mol. The molecular formula is C24H23ClN11O5S3+. The molecule has 2 atom stereocenters. The highest BCUT2D eigenvalue weighted by atomic mass is 35.5. The van der Waals surface area contributed by atoms with Gasteiger partial charge in [-0.25, -0.2) is 24.0 Å². The second kappa shape index (κ2) is 11.6. The van der Waals surface area contributed by atoms with Crippen LogP contribution in [0.15, 0.2) is 46.5 Å². The van der Waals surface area contributed by atoms with Crippen molar-refractivity contribution >= 4 is 86.1 Å². The summed E-state index contributed by atoms with van der Waals surface area (Å²) in [4.78, 5) is 53.1. The highest BCUT2D eigenvalue weighted by molar-refractivity contribution is 8.00. The number of carboxylic acid groups (broad SMARTS) is 1. The van der Waals surface area contributed by atoms with Crippen molar-refractivity contribution in [2.24, 2.45) is 10.9 Å². The van der Waals surface area contributed by atoms with Crippen LogP contribution in [0.3, 0.4) is 0 Å². The third kappa shape index (κ3) is 5.16. The summed E-state index contributed by atoms with van der Waals surface area (Å²) < 4.78 is 5.81. The number of aromatic nitrogens is 5. The van der Waals surface area contributed by atoms with E-state index >= 15 is 0 Å². The first kappa shape index (κ1) is 29.6. The number of oxime groups is 1. The fourth-order valence-electron chi connectivity index (χ4n) is 4.91. The smallest absolute Gasteiger partial charge is 0.352 e. The van der Waals surface area contributed by atoms with Crippen LogP contribution in [0.25, 0.3) is 5.65 Å². The van der Waals surface area contributed by atoms with E-state index in [-0.39, 0.29) is 39.0 Å². The van der Waals surface area contributed by atoms with Gasteiger partial charge in [-0.2, -0.15) is 0 Å². The summed E-state index contributed by atoms with van der Waals surface area (Å²) in [5.41, 5.74) is 12.7. The molecule has 0 aliphatic carbocycles. The molecule has 2 aliphatic heterocycles. The summed E-state index contributed by atoms with van der Waals surface area (Å²) in [6, 6.07) is 0.886. The number of thiazole rings is 2. The topological polar surface area (TPSA) is 223 Å². The van der Waals surface area contributed by atoms with Crippen LogP contribution in [0.2, 0.25) is 4.34 Å². The van der Waals surface area contributed by atoms with Gasteiger partial charge in [0, 0.05) is 11.1 Å². The number of β-lactam (4-membered cyclic amide) rings is 1. The number of amides is 2. The lowest BCUT2D eigenvalue weighted by Gasteiger charge is -2.49. The molecule has 0 aromatic carbocycles. The van der Waals surface area contributed by atoms with E-state index in [2.05, 4.69) is 20.4 Å². The van der Waals surface area contributed by atoms with Crippen molar-refractivity contribution in [1.82, 2.24) is 29.4 Å². The predicted molar refractivity (Wildman–Crippen MR) is 163 cm³/mol. The summed E-state index contributed by atoms with van der Waals surface area (Å²) in [6.45, 7) is 0.674. The first-order valence-corrected chi connectivity index (χ1v) is 15.8. The molecule has 0 saturated carbocycles. The van der Waals surface area contributed by atoms with E-state index in [9.17, 15) is 19.5 Å². The van der Waals surface area contributed by atoms with Gasteiger partial charge in [-0.05, 0) is 5.57 Å². The first-order chi connectivity index (χ1) is 21.1. The summed E-state index contributed by atoms with van der Waals surface area (Å²) in [6.07, 6.45) is 5.54. The number of nitrogen functional groups attached to an aromatic ring is 2. The number of rotatable bonds is 10. The number of amidine groups is 1. The maximum atomic E-state index is 13.2. The van der Waals surface area contributed by atoms with E-state index in [0.29, 0.717) is 23.6 Å². The van der Waals surface area contributed by atoms with Gasteiger partial charge in [-0.1, -0.05) is 28.1 Å². The van der Waals surface area contributed by atoms with Crippen molar-refractivity contribution in [3.63, 3.8) is 0 Å². The van der Waals surface area contributed by atoms with E-state index < -0.39 is 29.2 Å². The van der Waals surface area contributed by atoms with Crippen LogP contribution in [0, 0.1) is 5.41 Å². The maximum absolute atomic E-state index is 13.2. The number of carboxylic acids is 1. The standard InChI is InChI=1S/C24H22ClN11O5S3/c1-41-32-15(14-18(25)44-24(28)31-14)20(37)30-16-21(38)36-17(23(39)40)10(8-43-22(16)36)6-34-3-2-13-33(4-5-35(13)34)7-12-29-11(9-42-12)19(26)27/h2-5,9,16,22H,6-8H2,1H3,(H6-,26,27,28,30,31,37,39,40)/p+1/b32-15-/t16-,22-/m1/s1. The van der Waals surface area contributed by atoms with E-state index in [1.807, 2.05) is 38.4 Å². The lowest BCUT2D eigenvalue weighted by Crippen LogP contribution is -2.71. The fourth-order valence-corrected chi connectivity index (χ4v) is 7.97. The number of nitrogens with one attached hydrogen (secondary N) is 2. The summed E-state index contributed by atoms with van der Waals surface area (Å²) in [7, 11) is 1.24. The highest BCUT2D eigenvalue weighted by Gasteiger charge is 2.54. The lowest BCUT2D eigenvalue weighted by molar-refractivity contribution is -0.661. The molecule has 0 radical (unpaired) electrons. The van der Waals surface area contributed by atoms with Gasteiger partial charge in [0.2, 0.25) is 0 Å². The maximum Gasteiger partial charge on any atom is 0.352 e. The van der Waals surface area contributed by atoms with Crippen LogP contribution in [0.1, 0.15) is 16.4 Å². The number of nitrogens with two attached hydrogens (primary N) is 2. The molecule has 0 spiro atoms. The minimum atomic E-state index is -1.24. The Balaban J connectivity index is 1.20. The van der Waals surface area contributed by atoms with Gasteiger partial charge in [-0.15, -0.1) is 27.6 Å². The van der Waals surface area contributed by atoms with Crippen molar-refractivity contribution in [1.29, 1.82) is 5.41 Å². The fraction of sp³-hybridized carbons (Fsp3) is 0.250. The number of nitrogens with zero attached hydrogens (tertiary/aromatic N) is 7. The number of carbonyl (C=O) groups excluding carboxylic acids is 2. The average molecular weight is 677 g/mol. The zero-order chi connectivity index (χ0) is 31.3. The van der Waals surface area contributed by atoms with Crippen molar-refractivity contribution in [3.8, 4) is 0 Å². The number of anilines is 1. The van der Waals surface area contributed by atoms with Crippen LogP contribution >= 0.6 is 46.0 Å². The molecule has 4 aromatic rings. The molecule has 44 heavy (non-hydrogen) atoms. The van der Waals surface area contributed by atoms with E-state index in [1.165, 1.54) is 35.1 Å². The van der Waals surface area contributed by atoms with Crippen LogP contribution in [-0.4, -0.2) is 82.8 Å². The molecule has 0 unspecified atom stereocenters. The Morgan fingerprint density at radius 1 is 1.36 bits per heavy atom. The second-order valence-corrected chi connectivity index (χ2v) is 13.2. The third-order valence-electron chi connectivity index (χ3n) is 6.84. The van der Waals surface area contributed by atoms with Crippen LogP contribution < -0.4 is 21.4 Å². The molecule has 2 aliphatic rings. The largest absolute Gasteiger partial charge is 0.477 e. The zero-order valence-electron chi connectivity index (χ0n) is 22.6. The number of halogens is 1. The monoisotopic (exact) mass is 676 g/mol. The Hall–Kier alpha value is -4.46. The number of hydrogen-bond acceptors (Lipinski definition) is 12. The van der Waals surface area contributed by atoms with Gasteiger partial charge in [0.05, 0.1) is 18.8 Å². The highest BCUT2D eigenvalue weighted by Crippen LogP contribution is 2.41. The summed E-state index contributed by atoms with van der Waals surface area (Å²) in [5.74, 6) is -2.37. The van der Waals surface area contributed by atoms with Crippen molar-refractivity contribution in [2.45, 2.75) is 24.5 Å². The third-order valence-corrected chi connectivity index (χ3v) is 10.1.